The maximum absolute atomic E-state index is 11.8. The van der Waals surface area contributed by atoms with E-state index in [-0.39, 0.29) is 5.91 Å². The van der Waals surface area contributed by atoms with Gasteiger partial charge in [-0.2, -0.15) is 0 Å². The number of hydrogen-bond acceptors (Lipinski definition) is 3. The molecule has 0 spiro atoms. The van der Waals surface area contributed by atoms with Gasteiger partial charge in [-0.05, 0) is 36.8 Å². The van der Waals surface area contributed by atoms with Gasteiger partial charge in [0, 0.05) is 0 Å². The van der Waals surface area contributed by atoms with Crippen molar-refractivity contribution in [1.29, 1.82) is 0 Å². The van der Waals surface area contributed by atoms with Crippen molar-refractivity contribution in [2.24, 2.45) is 0 Å². The van der Waals surface area contributed by atoms with Crippen LogP contribution in [0.15, 0.2) is 54.6 Å². The summed E-state index contributed by atoms with van der Waals surface area (Å²) in [6.07, 6.45) is 0.326. The molecule has 0 atom stereocenters. The van der Waals surface area contributed by atoms with E-state index < -0.39 is 0 Å². The molecule has 0 fully saturated rings. The van der Waals surface area contributed by atoms with Gasteiger partial charge in [0.15, 0.2) is 0 Å². The summed E-state index contributed by atoms with van der Waals surface area (Å²) in [5.74, 6) is 0.733. The van der Waals surface area contributed by atoms with Crippen molar-refractivity contribution in [3.8, 4) is 5.75 Å². The molecule has 1 amide bonds. The summed E-state index contributed by atoms with van der Waals surface area (Å²) >= 11 is 0. The Hall–Kier alpha value is -2.49. The first-order valence-electron chi connectivity index (χ1n) is 6.59. The molecule has 2 rings (SSSR count). The average Bonchev–Trinajstić information content (AvgIpc) is 2.49. The summed E-state index contributed by atoms with van der Waals surface area (Å²) in [5, 5.41) is 0. The molecule has 0 aliphatic rings. The van der Waals surface area contributed by atoms with E-state index in [9.17, 15) is 4.79 Å². The van der Waals surface area contributed by atoms with E-state index in [4.69, 9.17) is 4.74 Å². The van der Waals surface area contributed by atoms with E-state index in [0.717, 1.165) is 17.0 Å². The standard InChI is InChI=1S/C16H18N2O2/c1-2-20-15-10-8-13(9-11-15)12-16(19)18-17-14-6-4-3-5-7-14/h3-11,17H,2,12H2,1H3,(H,18,19). The minimum Gasteiger partial charge on any atom is -0.494 e. The van der Waals surface area contributed by atoms with Crippen LogP contribution < -0.4 is 15.6 Å². The van der Waals surface area contributed by atoms with Crippen molar-refractivity contribution >= 4 is 11.6 Å². The van der Waals surface area contributed by atoms with Crippen molar-refractivity contribution < 1.29 is 9.53 Å². The summed E-state index contributed by atoms with van der Waals surface area (Å²) in [6, 6.07) is 17.0. The Morgan fingerprint density at radius 1 is 1.05 bits per heavy atom. The van der Waals surface area contributed by atoms with Gasteiger partial charge in [0.05, 0.1) is 18.7 Å². The molecule has 4 heteroatoms. The van der Waals surface area contributed by atoms with Gasteiger partial charge >= 0.3 is 0 Å². The van der Waals surface area contributed by atoms with E-state index in [2.05, 4.69) is 10.9 Å². The molecule has 0 heterocycles. The minimum atomic E-state index is -0.0852. The van der Waals surface area contributed by atoms with Crippen LogP contribution >= 0.6 is 0 Å². The van der Waals surface area contributed by atoms with Crippen LogP contribution in [0.4, 0.5) is 5.69 Å². The molecule has 104 valence electrons. The van der Waals surface area contributed by atoms with Crippen LogP contribution in [0.2, 0.25) is 0 Å². The first kappa shape index (κ1) is 13.9. The molecule has 0 aromatic heterocycles. The van der Waals surface area contributed by atoms with Crippen molar-refractivity contribution in [1.82, 2.24) is 5.43 Å². The number of para-hydroxylation sites is 1. The van der Waals surface area contributed by atoms with E-state index in [1.54, 1.807) is 0 Å². The smallest absolute Gasteiger partial charge is 0.242 e. The summed E-state index contributed by atoms with van der Waals surface area (Å²) in [5.41, 5.74) is 7.34. The summed E-state index contributed by atoms with van der Waals surface area (Å²) in [6.45, 7) is 2.58. The van der Waals surface area contributed by atoms with Crippen LogP contribution in [0.5, 0.6) is 5.75 Å². The third-order valence-corrected chi connectivity index (χ3v) is 2.72. The predicted molar refractivity (Wildman–Crippen MR) is 79.5 cm³/mol. The molecule has 0 saturated carbocycles. The molecule has 0 aliphatic heterocycles. The number of benzene rings is 2. The number of carbonyl (C=O) groups is 1. The van der Waals surface area contributed by atoms with Crippen LogP contribution in [0.3, 0.4) is 0 Å². The number of ether oxygens (including phenoxy) is 1. The number of anilines is 1. The number of amides is 1. The van der Waals surface area contributed by atoms with E-state index >= 15 is 0 Å². The second-order valence-corrected chi connectivity index (χ2v) is 4.29. The number of hydrogen-bond donors (Lipinski definition) is 2. The highest BCUT2D eigenvalue weighted by atomic mass is 16.5. The third kappa shape index (κ3) is 4.31. The first-order valence-corrected chi connectivity index (χ1v) is 6.59. The fourth-order valence-corrected chi connectivity index (χ4v) is 1.76. The second kappa shape index (κ2) is 7.19. The molecular formula is C16H18N2O2. The molecule has 0 saturated heterocycles. The predicted octanol–water partition coefficient (Wildman–Crippen LogP) is 2.77. The highest BCUT2D eigenvalue weighted by Gasteiger charge is 2.03. The number of hydrazine groups is 1. The Kier molecular flexibility index (Phi) is 5.00. The first-order chi connectivity index (χ1) is 9.78. The fourth-order valence-electron chi connectivity index (χ4n) is 1.76. The van der Waals surface area contributed by atoms with Gasteiger partial charge in [-0.25, -0.2) is 0 Å². The maximum atomic E-state index is 11.8. The third-order valence-electron chi connectivity index (χ3n) is 2.72. The lowest BCUT2D eigenvalue weighted by Crippen LogP contribution is -2.30. The lowest BCUT2D eigenvalue weighted by atomic mass is 10.1. The highest BCUT2D eigenvalue weighted by Crippen LogP contribution is 2.12. The summed E-state index contributed by atoms with van der Waals surface area (Å²) < 4.78 is 5.36. The van der Waals surface area contributed by atoms with Crippen molar-refractivity contribution in [2.45, 2.75) is 13.3 Å². The number of carbonyl (C=O) groups excluding carboxylic acids is 1. The Morgan fingerprint density at radius 3 is 2.40 bits per heavy atom. The zero-order valence-electron chi connectivity index (χ0n) is 11.4. The van der Waals surface area contributed by atoms with Crippen LogP contribution in [0.25, 0.3) is 0 Å². The quantitative estimate of drug-likeness (QED) is 0.794. The second-order valence-electron chi connectivity index (χ2n) is 4.29. The van der Waals surface area contributed by atoms with Gasteiger partial charge < -0.3 is 4.74 Å². The Balaban J connectivity index is 1.82. The lowest BCUT2D eigenvalue weighted by molar-refractivity contribution is -0.119. The largest absolute Gasteiger partial charge is 0.494 e. The average molecular weight is 270 g/mol. The Bertz CT molecular complexity index is 538. The van der Waals surface area contributed by atoms with Crippen molar-refractivity contribution in [2.75, 3.05) is 12.0 Å². The van der Waals surface area contributed by atoms with Crippen molar-refractivity contribution in [3.05, 3.63) is 60.2 Å². The Labute approximate surface area is 118 Å². The van der Waals surface area contributed by atoms with E-state index in [1.807, 2.05) is 61.5 Å². The molecule has 2 aromatic carbocycles. The molecule has 0 radical (unpaired) electrons. The molecule has 0 bridgehead atoms. The van der Waals surface area contributed by atoms with Crippen LogP contribution in [-0.4, -0.2) is 12.5 Å². The zero-order valence-corrected chi connectivity index (χ0v) is 11.4. The molecule has 0 aliphatic carbocycles. The topological polar surface area (TPSA) is 50.4 Å². The highest BCUT2D eigenvalue weighted by molar-refractivity contribution is 5.79. The SMILES string of the molecule is CCOc1ccc(CC(=O)NNc2ccccc2)cc1. The molecule has 0 unspecified atom stereocenters. The maximum Gasteiger partial charge on any atom is 0.242 e. The summed E-state index contributed by atoms with van der Waals surface area (Å²) in [4.78, 5) is 11.8. The van der Waals surface area contributed by atoms with Crippen LogP contribution in [0.1, 0.15) is 12.5 Å². The minimum absolute atomic E-state index is 0.0852. The molecule has 2 N–H and O–H groups in total. The van der Waals surface area contributed by atoms with Gasteiger partial charge in [-0.3, -0.25) is 15.6 Å². The van der Waals surface area contributed by atoms with Gasteiger partial charge in [0.1, 0.15) is 5.75 Å². The van der Waals surface area contributed by atoms with Crippen LogP contribution in [-0.2, 0) is 11.2 Å². The zero-order chi connectivity index (χ0) is 14.2. The van der Waals surface area contributed by atoms with E-state index in [1.165, 1.54) is 0 Å². The molecule has 4 nitrogen and oxygen atoms in total. The normalized spacial score (nSPS) is 9.85. The summed E-state index contributed by atoms with van der Waals surface area (Å²) in [7, 11) is 0. The number of rotatable bonds is 6. The molecule has 2 aromatic rings. The van der Waals surface area contributed by atoms with Gasteiger partial charge in [0.2, 0.25) is 5.91 Å². The molecular weight excluding hydrogens is 252 g/mol. The molecule has 20 heavy (non-hydrogen) atoms. The lowest BCUT2D eigenvalue weighted by Gasteiger charge is -2.08. The van der Waals surface area contributed by atoms with Gasteiger partial charge in [-0.1, -0.05) is 30.3 Å². The Morgan fingerprint density at radius 2 is 1.75 bits per heavy atom. The fraction of sp³-hybridized carbons (Fsp3) is 0.188. The van der Waals surface area contributed by atoms with E-state index in [0.29, 0.717) is 13.0 Å². The van der Waals surface area contributed by atoms with Gasteiger partial charge in [-0.15, -0.1) is 0 Å². The van der Waals surface area contributed by atoms with Gasteiger partial charge in [0.25, 0.3) is 0 Å². The van der Waals surface area contributed by atoms with Crippen LogP contribution in [0, 0.1) is 0 Å². The monoisotopic (exact) mass is 270 g/mol. The van der Waals surface area contributed by atoms with Crippen molar-refractivity contribution in [3.63, 3.8) is 0 Å². The number of nitrogens with one attached hydrogen (secondary N) is 2.